The van der Waals surface area contributed by atoms with Crippen LogP contribution in [0.4, 0.5) is 0 Å². The molecule has 0 saturated heterocycles. The summed E-state index contributed by atoms with van der Waals surface area (Å²) < 4.78 is 0. The summed E-state index contributed by atoms with van der Waals surface area (Å²) in [5.41, 5.74) is 13.8. The van der Waals surface area contributed by atoms with Crippen molar-refractivity contribution in [2.45, 2.75) is 46.0 Å². The second-order valence-corrected chi connectivity index (χ2v) is 5.37. The topological polar surface area (TPSA) is 103 Å². The molecule has 2 amide bonds. The van der Waals surface area contributed by atoms with Gasteiger partial charge in [-0.25, -0.2) is 0 Å². The molecule has 1 rings (SSSR count). The quantitative estimate of drug-likeness (QED) is 0.775. The average molecular weight is 290 g/mol. The summed E-state index contributed by atoms with van der Waals surface area (Å²) in [6, 6.07) is 3.58. The second kappa shape index (κ2) is 6.52. The average Bonchev–Trinajstić information content (AvgIpc) is 2.34. The standard InChI is InChI=1S/C16H22N2O3/c1-5-11(15(17)20)12-6-9(3)13(7-8(12)2)14(10(4)19)16(18)21/h6-7,11,14H,5H2,1-4H3,(H2,17,20)(H2,18,21). The number of hydrogen-bond donors (Lipinski definition) is 2. The molecular weight excluding hydrogens is 268 g/mol. The van der Waals surface area contributed by atoms with Gasteiger partial charge in [0.15, 0.2) is 0 Å². The van der Waals surface area contributed by atoms with E-state index in [1.165, 1.54) is 6.92 Å². The molecule has 21 heavy (non-hydrogen) atoms. The van der Waals surface area contributed by atoms with Crippen molar-refractivity contribution < 1.29 is 14.4 Å². The van der Waals surface area contributed by atoms with E-state index in [0.717, 1.165) is 16.7 Å². The Labute approximate surface area is 124 Å². The van der Waals surface area contributed by atoms with Gasteiger partial charge in [0.1, 0.15) is 11.7 Å². The first-order chi connectivity index (χ1) is 9.70. The first-order valence-electron chi connectivity index (χ1n) is 6.90. The minimum atomic E-state index is -0.952. The summed E-state index contributed by atoms with van der Waals surface area (Å²) in [4.78, 5) is 34.7. The smallest absolute Gasteiger partial charge is 0.232 e. The summed E-state index contributed by atoms with van der Waals surface area (Å²) in [5.74, 6) is -2.67. The van der Waals surface area contributed by atoms with Crippen LogP contribution in [0, 0.1) is 13.8 Å². The second-order valence-electron chi connectivity index (χ2n) is 5.37. The SMILES string of the molecule is CCC(C(N)=O)c1cc(C)c(C(C(C)=O)C(N)=O)cc1C. The highest BCUT2D eigenvalue weighted by Crippen LogP contribution is 2.29. The third-order valence-corrected chi connectivity index (χ3v) is 3.78. The van der Waals surface area contributed by atoms with Crippen LogP contribution < -0.4 is 11.5 Å². The summed E-state index contributed by atoms with van der Waals surface area (Å²) in [7, 11) is 0. The van der Waals surface area contributed by atoms with Gasteiger partial charge in [-0.2, -0.15) is 0 Å². The van der Waals surface area contributed by atoms with E-state index in [1.54, 1.807) is 13.0 Å². The van der Waals surface area contributed by atoms with Gasteiger partial charge >= 0.3 is 0 Å². The van der Waals surface area contributed by atoms with E-state index in [4.69, 9.17) is 11.5 Å². The number of primary amides is 2. The minimum absolute atomic E-state index is 0.292. The Morgan fingerprint density at radius 1 is 1.00 bits per heavy atom. The first kappa shape index (κ1) is 16.9. The molecule has 5 heteroatoms. The first-order valence-corrected chi connectivity index (χ1v) is 6.90. The van der Waals surface area contributed by atoms with Crippen LogP contribution in [0.15, 0.2) is 12.1 Å². The van der Waals surface area contributed by atoms with Gasteiger partial charge in [-0.1, -0.05) is 19.1 Å². The monoisotopic (exact) mass is 290 g/mol. The van der Waals surface area contributed by atoms with Crippen LogP contribution in [-0.4, -0.2) is 17.6 Å². The number of rotatable bonds is 6. The van der Waals surface area contributed by atoms with Gasteiger partial charge in [-0.15, -0.1) is 0 Å². The summed E-state index contributed by atoms with van der Waals surface area (Å²) in [5, 5.41) is 0. The van der Waals surface area contributed by atoms with Gasteiger partial charge in [0.25, 0.3) is 0 Å². The van der Waals surface area contributed by atoms with Crippen LogP contribution in [0.3, 0.4) is 0 Å². The summed E-state index contributed by atoms with van der Waals surface area (Å²) >= 11 is 0. The minimum Gasteiger partial charge on any atom is -0.369 e. The number of nitrogens with two attached hydrogens (primary N) is 2. The number of benzene rings is 1. The maximum Gasteiger partial charge on any atom is 0.232 e. The number of amides is 2. The van der Waals surface area contributed by atoms with Gasteiger partial charge in [-0.3, -0.25) is 14.4 Å². The molecule has 114 valence electrons. The van der Waals surface area contributed by atoms with Gasteiger partial charge in [0.2, 0.25) is 11.8 Å². The highest BCUT2D eigenvalue weighted by Gasteiger charge is 2.26. The highest BCUT2D eigenvalue weighted by molar-refractivity contribution is 6.05. The van der Waals surface area contributed by atoms with Gasteiger partial charge in [-0.05, 0) is 49.4 Å². The Balaban J connectivity index is 3.43. The van der Waals surface area contributed by atoms with Crippen molar-refractivity contribution in [2.75, 3.05) is 0 Å². The van der Waals surface area contributed by atoms with E-state index >= 15 is 0 Å². The molecule has 2 atom stereocenters. The van der Waals surface area contributed by atoms with Crippen LogP contribution in [-0.2, 0) is 14.4 Å². The van der Waals surface area contributed by atoms with Crippen LogP contribution >= 0.6 is 0 Å². The maximum absolute atomic E-state index is 11.7. The fraction of sp³-hybridized carbons (Fsp3) is 0.438. The van der Waals surface area contributed by atoms with E-state index in [-0.39, 0.29) is 17.6 Å². The lowest BCUT2D eigenvalue weighted by atomic mass is 9.84. The van der Waals surface area contributed by atoms with Crippen LogP contribution in [0.2, 0.25) is 0 Å². The van der Waals surface area contributed by atoms with Crippen LogP contribution in [0.25, 0.3) is 0 Å². The fourth-order valence-corrected chi connectivity index (χ4v) is 2.69. The summed E-state index contributed by atoms with van der Waals surface area (Å²) in [6.45, 7) is 6.86. The highest BCUT2D eigenvalue weighted by atomic mass is 16.2. The lowest BCUT2D eigenvalue weighted by Gasteiger charge is -2.20. The Morgan fingerprint density at radius 2 is 1.48 bits per heavy atom. The van der Waals surface area contributed by atoms with E-state index in [1.807, 2.05) is 19.9 Å². The lowest BCUT2D eigenvalue weighted by molar-refractivity contribution is -0.127. The molecule has 0 fully saturated rings. The third kappa shape index (κ3) is 3.48. The number of carbonyl (C=O) groups is 3. The van der Waals surface area contributed by atoms with Gasteiger partial charge < -0.3 is 11.5 Å². The fourth-order valence-electron chi connectivity index (χ4n) is 2.69. The molecule has 0 aromatic heterocycles. The van der Waals surface area contributed by atoms with Crippen molar-refractivity contribution >= 4 is 17.6 Å². The Bertz CT molecular complexity index is 579. The molecule has 0 bridgehead atoms. The molecule has 0 radical (unpaired) electrons. The molecule has 5 nitrogen and oxygen atoms in total. The molecule has 1 aromatic carbocycles. The van der Waals surface area contributed by atoms with Crippen LogP contribution in [0.5, 0.6) is 0 Å². The van der Waals surface area contributed by atoms with Crippen molar-refractivity contribution in [3.63, 3.8) is 0 Å². The normalized spacial score (nSPS) is 13.5. The zero-order chi connectivity index (χ0) is 16.3. The van der Waals surface area contributed by atoms with E-state index in [9.17, 15) is 14.4 Å². The predicted molar refractivity (Wildman–Crippen MR) is 80.8 cm³/mol. The molecule has 0 aliphatic heterocycles. The molecule has 0 spiro atoms. The Kier molecular flexibility index (Phi) is 5.24. The van der Waals surface area contributed by atoms with Crippen molar-refractivity contribution in [1.29, 1.82) is 0 Å². The molecule has 0 aliphatic rings. The third-order valence-electron chi connectivity index (χ3n) is 3.78. The number of ketones is 1. The van der Waals surface area contributed by atoms with E-state index < -0.39 is 11.8 Å². The molecule has 4 N–H and O–H groups in total. The molecule has 1 aromatic rings. The van der Waals surface area contributed by atoms with Crippen molar-refractivity contribution in [2.24, 2.45) is 11.5 Å². The number of carbonyl (C=O) groups excluding carboxylic acids is 3. The van der Waals surface area contributed by atoms with Crippen molar-refractivity contribution in [1.82, 2.24) is 0 Å². The molecule has 0 saturated carbocycles. The summed E-state index contributed by atoms with van der Waals surface area (Å²) in [6.07, 6.45) is 0.598. The van der Waals surface area contributed by atoms with Crippen molar-refractivity contribution in [3.8, 4) is 0 Å². The Morgan fingerprint density at radius 3 is 1.86 bits per heavy atom. The Hall–Kier alpha value is -2.17. The van der Waals surface area contributed by atoms with Gasteiger partial charge in [0.05, 0.1) is 5.92 Å². The molecule has 2 unspecified atom stereocenters. The predicted octanol–water partition coefficient (Wildman–Crippen LogP) is 1.44. The number of hydrogen-bond acceptors (Lipinski definition) is 3. The van der Waals surface area contributed by atoms with E-state index in [0.29, 0.717) is 12.0 Å². The number of Topliss-reactive ketones (excluding diaryl/α,β-unsaturated/α-hetero) is 1. The van der Waals surface area contributed by atoms with Crippen molar-refractivity contribution in [3.05, 3.63) is 34.4 Å². The molecular formula is C16H22N2O3. The van der Waals surface area contributed by atoms with Gasteiger partial charge in [0, 0.05) is 0 Å². The zero-order valence-electron chi connectivity index (χ0n) is 12.9. The zero-order valence-corrected chi connectivity index (χ0v) is 12.9. The molecule has 0 heterocycles. The van der Waals surface area contributed by atoms with Crippen LogP contribution in [0.1, 0.15) is 54.4 Å². The largest absolute Gasteiger partial charge is 0.369 e. The molecule has 0 aliphatic carbocycles. The number of aryl methyl sites for hydroxylation is 2. The maximum atomic E-state index is 11.7. The van der Waals surface area contributed by atoms with E-state index in [2.05, 4.69) is 0 Å². The lowest BCUT2D eigenvalue weighted by Crippen LogP contribution is -2.28.